The van der Waals surface area contributed by atoms with E-state index in [0.29, 0.717) is 24.4 Å². The zero-order valence-electron chi connectivity index (χ0n) is 14.2. The minimum Gasteiger partial charge on any atom is -0.351 e. The second-order valence-corrected chi connectivity index (χ2v) is 7.60. The summed E-state index contributed by atoms with van der Waals surface area (Å²) < 4.78 is 11.7. The maximum atomic E-state index is 6.32. The van der Waals surface area contributed by atoms with Crippen LogP contribution in [-0.4, -0.2) is 42.1 Å². The standard InChI is InChI=1S/C19H22ClN3O2/c20-18-21-16-14(13-4-2-1-3-5-13)6-7-15(16)17(22-18)23-9-8-19(12-23)24-10-11-25-19/h1-2,4,14H,3,5-12H2. The largest absolute Gasteiger partial charge is 0.351 e. The summed E-state index contributed by atoms with van der Waals surface area (Å²) in [5, 5.41) is 0.349. The molecule has 1 aromatic heterocycles. The van der Waals surface area contributed by atoms with Gasteiger partial charge in [-0.3, -0.25) is 0 Å². The second-order valence-electron chi connectivity index (χ2n) is 7.26. The number of hydrogen-bond donors (Lipinski definition) is 0. The van der Waals surface area contributed by atoms with Crippen LogP contribution in [0.3, 0.4) is 0 Å². The van der Waals surface area contributed by atoms with E-state index in [9.17, 15) is 0 Å². The Labute approximate surface area is 152 Å². The summed E-state index contributed by atoms with van der Waals surface area (Å²) >= 11 is 6.32. The molecule has 0 bridgehead atoms. The molecule has 2 fully saturated rings. The molecule has 0 radical (unpaired) electrons. The third kappa shape index (κ3) is 2.69. The van der Waals surface area contributed by atoms with Crippen molar-refractivity contribution in [1.29, 1.82) is 0 Å². The molecule has 0 saturated carbocycles. The summed E-state index contributed by atoms with van der Waals surface area (Å²) in [7, 11) is 0. The molecule has 132 valence electrons. The zero-order valence-corrected chi connectivity index (χ0v) is 15.0. The van der Waals surface area contributed by atoms with E-state index in [0.717, 1.165) is 56.7 Å². The number of nitrogens with zero attached hydrogens (tertiary/aromatic N) is 3. The molecule has 0 aromatic carbocycles. The van der Waals surface area contributed by atoms with Gasteiger partial charge in [-0.1, -0.05) is 23.8 Å². The van der Waals surface area contributed by atoms with Gasteiger partial charge in [-0.2, -0.15) is 0 Å². The van der Waals surface area contributed by atoms with Crippen LogP contribution in [0.5, 0.6) is 0 Å². The van der Waals surface area contributed by atoms with Crippen LogP contribution >= 0.6 is 11.6 Å². The normalized spacial score (nSPS) is 27.2. The average molecular weight is 360 g/mol. The second kappa shape index (κ2) is 6.08. The van der Waals surface area contributed by atoms with Gasteiger partial charge in [-0.05, 0) is 37.3 Å². The van der Waals surface area contributed by atoms with E-state index >= 15 is 0 Å². The highest BCUT2D eigenvalue weighted by molar-refractivity contribution is 6.28. The van der Waals surface area contributed by atoms with Crippen molar-refractivity contribution in [1.82, 2.24) is 9.97 Å². The Morgan fingerprint density at radius 3 is 2.88 bits per heavy atom. The third-order valence-corrected chi connectivity index (χ3v) is 5.97. The number of aromatic nitrogens is 2. The Hall–Kier alpha value is -1.43. The Morgan fingerprint density at radius 2 is 2.08 bits per heavy atom. The first kappa shape index (κ1) is 15.8. The number of anilines is 1. The molecule has 1 unspecified atom stereocenters. The Morgan fingerprint density at radius 1 is 1.20 bits per heavy atom. The monoisotopic (exact) mass is 359 g/mol. The number of halogens is 1. The fourth-order valence-corrected chi connectivity index (χ4v) is 4.79. The van der Waals surface area contributed by atoms with Gasteiger partial charge in [-0.15, -0.1) is 0 Å². The van der Waals surface area contributed by atoms with Crippen LogP contribution in [0.4, 0.5) is 5.82 Å². The van der Waals surface area contributed by atoms with E-state index in [1.165, 1.54) is 11.1 Å². The van der Waals surface area contributed by atoms with Crippen LogP contribution in [0.2, 0.25) is 5.28 Å². The van der Waals surface area contributed by atoms with Gasteiger partial charge < -0.3 is 14.4 Å². The van der Waals surface area contributed by atoms with Gasteiger partial charge in [0.2, 0.25) is 5.28 Å². The molecule has 6 heteroatoms. The van der Waals surface area contributed by atoms with Crippen LogP contribution in [0.1, 0.15) is 42.9 Å². The van der Waals surface area contributed by atoms with E-state index in [1.807, 2.05) is 0 Å². The van der Waals surface area contributed by atoms with Crippen molar-refractivity contribution in [3.8, 4) is 0 Å². The van der Waals surface area contributed by atoms with E-state index in [-0.39, 0.29) is 0 Å². The quantitative estimate of drug-likeness (QED) is 0.757. The number of allylic oxidation sites excluding steroid dienone is 4. The maximum absolute atomic E-state index is 6.32. The minimum atomic E-state index is -0.445. The van der Waals surface area contributed by atoms with Gasteiger partial charge in [-0.25, -0.2) is 9.97 Å². The smallest absolute Gasteiger partial charge is 0.224 e. The highest BCUT2D eigenvalue weighted by atomic mass is 35.5. The molecular weight excluding hydrogens is 338 g/mol. The fourth-order valence-electron chi connectivity index (χ4n) is 4.62. The van der Waals surface area contributed by atoms with Crippen molar-refractivity contribution >= 4 is 17.4 Å². The summed E-state index contributed by atoms with van der Waals surface area (Å²) in [5.74, 6) is 0.925. The summed E-state index contributed by atoms with van der Waals surface area (Å²) in [6.07, 6.45) is 11.9. The van der Waals surface area contributed by atoms with Gasteiger partial charge in [0.1, 0.15) is 5.82 Å². The van der Waals surface area contributed by atoms with E-state index in [4.69, 9.17) is 21.1 Å². The maximum Gasteiger partial charge on any atom is 0.224 e. The van der Waals surface area contributed by atoms with Crippen molar-refractivity contribution in [2.45, 2.75) is 43.8 Å². The molecule has 2 aliphatic carbocycles. The van der Waals surface area contributed by atoms with E-state index in [1.54, 1.807) is 0 Å². The van der Waals surface area contributed by atoms with Crippen LogP contribution in [-0.2, 0) is 15.9 Å². The molecule has 0 amide bonds. The lowest BCUT2D eigenvalue weighted by atomic mass is 9.90. The van der Waals surface area contributed by atoms with E-state index in [2.05, 4.69) is 33.1 Å². The molecule has 5 nitrogen and oxygen atoms in total. The van der Waals surface area contributed by atoms with Crippen molar-refractivity contribution in [2.75, 3.05) is 31.2 Å². The predicted octanol–water partition coefficient (Wildman–Crippen LogP) is 3.39. The molecule has 1 atom stereocenters. The molecule has 2 aliphatic heterocycles. The average Bonchev–Trinajstić information content (AvgIpc) is 3.36. The summed E-state index contributed by atoms with van der Waals surface area (Å²) in [5.41, 5.74) is 3.87. The number of fused-ring (bicyclic) bond motifs is 1. The van der Waals surface area contributed by atoms with E-state index < -0.39 is 5.79 Å². The molecule has 3 heterocycles. The molecular formula is C19H22ClN3O2. The molecule has 2 saturated heterocycles. The lowest BCUT2D eigenvalue weighted by molar-refractivity contribution is -0.137. The molecule has 1 spiro atoms. The number of hydrogen-bond acceptors (Lipinski definition) is 5. The molecule has 1 aromatic rings. The lowest BCUT2D eigenvalue weighted by Gasteiger charge is -2.24. The summed E-state index contributed by atoms with van der Waals surface area (Å²) in [6.45, 7) is 2.97. The molecule has 0 N–H and O–H groups in total. The molecule has 5 rings (SSSR count). The first-order chi connectivity index (χ1) is 12.2. The highest BCUT2D eigenvalue weighted by Crippen LogP contribution is 2.44. The van der Waals surface area contributed by atoms with Crippen molar-refractivity contribution in [3.63, 3.8) is 0 Å². The van der Waals surface area contributed by atoms with Crippen molar-refractivity contribution < 1.29 is 9.47 Å². The zero-order chi connectivity index (χ0) is 16.9. The third-order valence-electron chi connectivity index (χ3n) is 5.80. The van der Waals surface area contributed by atoms with Gasteiger partial charge in [0.15, 0.2) is 5.79 Å². The summed E-state index contributed by atoms with van der Waals surface area (Å²) in [6, 6.07) is 0. The first-order valence-corrected chi connectivity index (χ1v) is 9.57. The minimum absolute atomic E-state index is 0.349. The van der Waals surface area contributed by atoms with Crippen molar-refractivity contribution in [2.24, 2.45) is 0 Å². The van der Waals surface area contributed by atoms with Gasteiger partial charge in [0.05, 0.1) is 25.5 Å². The topological polar surface area (TPSA) is 47.5 Å². The number of rotatable bonds is 2. The Bertz CT molecular complexity index is 755. The van der Waals surface area contributed by atoms with Crippen LogP contribution < -0.4 is 4.90 Å². The Kier molecular flexibility index (Phi) is 3.84. The first-order valence-electron chi connectivity index (χ1n) is 9.19. The molecule has 4 aliphatic rings. The highest BCUT2D eigenvalue weighted by Gasteiger charge is 2.45. The van der Waals surface area contributed by atoms with Gasteiger partial charge >= 0.3 is 0 Å². The van der Waals surface area contributed by atoms with Crippen LogP contribution in [0.25, 0.3) is 0 Å². The Balaban J connectivity index is 1.48. The fraction of sp³-hybridized carbons (Fsp3) is 0.579. The van der Waals surface area contributed by atoms with Crippen LogP contribution in [0, 0.1) is 0 Å². The lowest BCUT2D eigenvalue weighted by Crippen LogP contribution is -2.35. The van der Waals surface area contributed by atoms with Gasteiger partial charge in [0.25, 0.3) is 0 Å². The van der Waals surface area contributed by atoms with Crippen LogP contribution in [0.15, 0.2) is 23.8 Å². The summed E-state index contributed by atoms with van der Waals surface area (Å²) in [4.78, 5) is 11.5. The van der Waals surface area contributed by atoms with Crippen molar-refractivity contribution in [3.05, 3.63) is 40.3 Å². The van der Waals surface area contributed by atoms with Gasteiger partial charge in [0, 0.05) is 24.4 Å². The number of ether oxygens (including phenoxy) is 2. The SMILES string of the molecule is Clc1nc2c(c(N3CCC4(C3)OCCO4)n1)CCC2C1=CC=CCC1. The molecule has 25 heavy (non-hydrogen) atoms. The predicted molar refractivity (Wildman–Crippen MR) is 96.0 cm³/mol.